The molecule has 0 saturated carbocycles. The van der Waals surface area contributed by atoms with Crippen LogP contribution in [0.2, 0.25) is 0 Å². The lowest BCUT2D eigenvalue weighted by atomic mass is 9.97. The summed E-state index contributed by atoms with van der Waals surface area (Å²) in [7, 11) is 0. The van der Waals surface area contributed by atoms with Gasteiger partial charge >= 0.3 is 0 Å². The van der Waals surface area contributed by atoms with Gasteiger partial charge in [0.2, 0.25) is 0 Å². The Balaban J connectivity index is 1.42. The SMILES string of the molecule is FC(F)c1nc(N2CCC(c3nc4ccccc4s3)CC2)c2ccccc2n1. The maximum Gasteiger partial charge on any atom is 0.297 e. The number of hydrogen-bond acceptors (Lipinski definition) is 5. The van der Waals surface area contributed by atoms with E-state index in [0.717, 1.165) is 36.8 Å². The third-order valence-corrected chi connectivity index (χ3v) is 6.45. The molecule has 3 heterocycles. The van der Waals surface area contributed by atoms with Crippen molar-refractivity contribution in [1.82, 2.24) is 15.0 Å². The minimum atomic E-state index is -2.68. The fourth-order valence-electron chi connectivity index (χ4n) is 3.82. The second kappa shape index (κ2) is 7.05. The van der Waals surface area contributed by atoms with Crippen molar-refractivity contribution in [3.63, 3.8) is 0 Å². The predicted molar refractivity (Wildman–Crippen MR) is 108 cm³/mol. The number of anilines is 1. The van der Waals surface area contributed by atoms with Gasteiger partial charge in [-0.2, -0.15) is 0 Å². The third-order valence-electron chi connectivity index (χ3n) is 5.25. The molecule has 0 atom stereocenters. The van der Waals surface area contributed by atoms with Gasteiger partial charge in [-0.1, -0.05) is 24.3 Å². The summed E-state index contributed by atoms with van der Waals surface area (Å²) in [4.78, 5) is 15.1. The lowest BCUT2D eigenvalue weighted by Crippen LogP contribution is -2.34. The first-order chi connectivity index (χ1) is 13.7. The van der Waals surface area contributed by atoms with Gasteiger partial charge in [0.05, 0.1) is 20.7 Å². The van der Waals surface area contributed by atoms with Crippen molar-refractivity contribution in [2.24, 2.45) is 0 Å². The number of thiazole rings is 1. The van der Waals surface area contributed by atoms with Crippen LogP contribution in [-0.4, -0.2) is 28.0 Å². The summed E-state index contributed by atoms with van der Waals surface area (Å²) in [6, 6.07) is 15.6. The fourth-order valence-corrected chi connectivity index (χ4v) is 4.96. The van der Waals surface area contributed by atoms with Crippen molar-refractivity contribution >= 4 is 38.3 Å². The zero-order valence-electron chi connectivity index (χ0n) is 15.1. The van der Waals surface area contributed by atoms with E-state index in [1.807, 2.05) is 36.4 Å². The average Bonchev–Trinajstić information content (AvgIpc) is 3.17. The number of aromatic nitrogens is 3. The van der Waals surface area contributed by atoms with Gasteiger partial charge in [-0.15, -0.1) is 11.3 Å². The van der Waals surface area contributed by atoms with Crippen molar-refractivity contribution < 1.29 is 8.78 Å². The van der Waals surface area contributed by atoms with Gasteiger partial charge in [0, 0.05) is 24.4 Å². The van der Waals surface area contributed by atoms with Crippen LogP contribution in [0.4, 0.5) is 14.6 Å². The normalized spacial score (nSPS) is 15.8. The molecule has 2 aromatic heterocycles. The van der Waals surface area contributed by atoms with Crippen LogP contribution in [-0.2, 0) is 0 Å². The van der Waals surface area contributed by atoms with Gasteiger partial charge in [0.1, 0.15) is 5.82 Å². The van der Waals surface area contributed by atoms with Gasteiger partial charge in [0.15, 0.2) is 5.82 Å². The Kier molecular flexibility index (Phi) is 4.39. The highest BCUT2D eigenvalue weighted by Crippen LogP contribution is 2.36. The number of benzene rings is 2. The Labute approximate surface area is 164 Å². The summed E-state index contributed by atoms with van der Waals surface area (Å²) < 4.78 is 27.8. The minimum absolute atomic E-state index is 0.399. The summed E-state index contributed by atoms with van der Waals surface area (Å²) in [5, 5.41) is 1.99. The van der Waals surface area contributed by atoms with Gasteiger partial charge < -0.3 is 4.90 Å². The van der Waals surface area contributed by atoms with Gasteiger partial charge in [0.25, 0.3) is 6.43 Å². The highest BCUT2D eigenvalue weighted by Gasteiger charge is 2.26. The lowest BCUT2D eigenvalue weighted by Gasteiger charge is -2.32. The van der Waals surface area contributed by atoms with Crippen LogP contribution in [0.25, 0.3) is 21.1 Å². The Morgan fingerprint density at radius 3 is 2.36 bits per heavy atom. The van der Waals surface area contributed by atoms with Crippen LogP contribution in [0.5, 0.6) is 0 Å². The van der Waals surface area contributed by atoms with Gasteiger partial charge in [-0.3, -0.25) is 0 Å². The topological polar surface area (TPSA) is 41.9 Å². The molecule has 1 aliphatic heterocycles. The molecule has 1 fully saturated rings. The Bertz CT molecular complexity index is 1100. The molecule has 4 nitrogen and oxygen atoms in total. The van der Waals surface area contributed by atoms with Crippen LogP contribution in [0.3, 0.4) is 0 Å². The van der Waals surface area contributed by atoms with Crippen molar-refractivity contribution in [2.75, 3.05) is 18.0 Å². The lowest BCUT2D eigenvalue weighted by molar-refractivity contribution is 0.141. The molecule has 5 rings (SSSR count). The zero-order chi connectivity index (χ0) is 19.1. The van der Waals surface area contributed by atoms with Gasteiger partial charge in [-0.05, 0) is 37.1 Å². The highest BCUT2D eigenvalue weighted by atomic mass is 32.1. The number of hydrogen-bond donors (Lipinski definition) is 0. The first-order valence-corrected chi connectivity index (χ1v) is 10.2. The predicted octanol–water partition coefficient (Wildman–Crippen LogP) is 5.56. The molecular formula is C21H18F2N4S. The van der Waals surface area contributed by atoms with E-state index < -0.39 is 12.2 Å². The Morgan fingerprint density at radius 1 is 0.893 bits per heavy atom. The maximum atomic E-state index is 13.3. The Morgan fingerprint density at radius 2 is 1.61 bits per heavy atom. The second-order valence-corrected chi connectivity index (χ2v) is 8.07. The van der Waals surface area contributed by atoms with E-state index in [2.05, 4.69) is 20.9 Å². The molecule has 28 heavy (non-hydrogen) atoms. The maximum absolute atomic E-state index is 13.3. The van der Waals surface area contributed by atoms with Crippen LogP contribution >= 0.6 is 11.3 Å². The molecule has 0 spiro atoms. The van der Waals surface area contributed by atoms with Crippen molar-refractivity contribution in [3.8, 4) is 0 Å². The zero-order valence-corrected chi connectivity index (χ0v) is 15.9. The number of piperidine rings is 1. The molecule has 1 aliphatic rings. The van der Waals surface area contributed by atoms with E-state index in [0.29, 0.717) is 17.3 Å². The number of fused-ring (bicyclic) bond motifs is 2. The highest BCUT2D eigenvalue weighted by molar-refractivity contribution is 7.18. The number of alkyl halides is 2. The van der Waals surface area contributed by atoms with E-state index >= 15 is 0 Å². The number of nitrogens with zero attached hydrogens (tertiary/aromatic N) is 4. The average molecular weight is 396 g/mol. The summed E-state index contributed by atoms with van der Waals surface area (Å²) in [6.45, 7) is 1.54. The van der Waals surface area contributed by atoms with Crippen LogP contribution in [0, 0.1) is 0 Å². The van der Waals surface area contributed by atoms with E-state index in [1.165, 1.54) is 9.71 Å². The molecule has 0 amide bonds. The summed E-state index contributed by atoms with van der Waals surface area (Å²) in [5.74, 6) is 0.613. The van der Waals surface area contributed by atoms with Crippen molar-refractivity contribution in [3.05, 3.63) is 59.4 Å². The summed E-state index contributed by atoms with van der Waals surface area (Å²) in [6.07, 6.45) is -0.812. The monoisotopic (exact) mass is 396 g/mol. The number of para-hydroxylation sites is 2. The molecule has 0 aliphatic carbocycles. The molecule has 0 radical (unpaired) electrons. The van der Waals surface area contributed by atoms with E-state index in [-0.39, 0.29) is 0 Å². The van der Waals surface area contributed by atoms with Crippen LogP contribution < -0.4 is 4.90 Å². The fraction of sp³-hybridized carbons (Fsp3) is 0.286. The largest absolute Gasteiger partial charge is 0.356 e. The Hall–Kier alpha value is -2.67. The minimum Gasteiger partial charge on any atom is -0.356 e. The van der Waals surface area contributed by atoms with E-state index in [9.17, 15) is 8.78 Å². The molecule has 0 unspecified atom stereocenters. The standard InChI is InChI=1S/C21H18F2N4S/c22-18(23)19-24-15-6-2-1-5-14(15)20(26-19)27-11-9-13(10-12-27)21-25-16-7-3-4-8-17(16)28-21/h1-8,13,18H,9-12H2. The smallest absolute Gasteiger partial charge is 0.297 e. The van der Waals surface area contributed by atoms with Crippen molar-refractivity contribution in [2.45, 2.75) is 25.2 Å². The summed E-state index contributed by atoms with van der Waals surface area (Å²) >= 11 is 1.76. The van der Waals surface area contributed by atoms with Crippen LogP contribution in [0.15, 0.2) is 48.5 Å². The van der Waals surface area contributed by atoms with Crippen molar-refractivity contribution in [1.29, 1.82) is 0 Å². The molecule has 1 saturated heterocycles. The van der Waals surface area contributed by atoms with E-state index in [1.54, 1.807) is 17.4 Å². The van der Waals surface area contributed by atoms with Gasteiger partial charge in [-0.25, -0.2) is 23.7 Å². The molecule has 4 aromatic rings. The third kappa shape index (κ3) is 3.09. The molecule has 2 aromatic carbocycles. The number of halogens is 2. The molecular weight excluding hydrogens is 378 g/mol. The molecule has 0 bridgehead atoms. The molecule has 142 valence electrons. The summed E-state index contributed by atoms with van der Waals surface area (Å²) in [5.41, 5.74) is 1.62. The number of rotatable bonds is 3. The van der Waals surface area contributed by atoms with E-state index in [4.69, 9.17) is 4.98 Å². The van der Waals surface area contributed by atoms with Crippen LogP contribution in [0.1, 0.15) is 36.0 Å². The first kappa shape index (κ1) is 17.4. The second-order valence-electron chi connectivity index (χ2n) is 7.00. The molecule has 0 N–H and O–H groups in total. The first-order valence-electron chi connectivity index (χ1n) is 9.34. The molecule has 7 heteroatoms. The quantitative estimate of drug-likeness (QED) is 0.455.